The highest BCUT2D eigenvalue weighted by Crippen LogP contribution is 2.44. The molecule has 1 amide bonds. The molecule has 6 heteroatoms. The van der Waals surface area contributed by atoms with Crippen LogP contribution in [0.25, 0.3) is 0 Å². The third kappa shape index (κ3) is 3.93. The van der Waals surface area contributed by atoms with E-state index in [1.54, 1.807) is 0 Å². The molecule has 0 radical (unpaired) electrons. The zero-order chi connectivity index (χ0) is 17.2. The van der Waals surface area contributed by atoms with E-state index in [1.165, 1.54) is 30.4 Å². The molecule has 0 aliphatic heterocycles. The minimum absolute atomic E-state index is 0.0339. The van der Waals surface area contributed by atoms with Crippen molar-refractivity contribution in [2.45, 2.75) is 40.0 Å². The Morgan fingerprint density at radius 1 is 1.30 bits per heavy atom. The first kappa shape index (κ1) is 17.9. The molecule has 1 N–H and O–H groups in total. The predicted octanol–water partition coefficient (Wildman–Crippen LogP) is 3.27. The van der Waals surface area contributed by atoms with Gasteiger partial charge in [-0.2, -0.15) is 0 Å². The molecule has 0 saturated carbocycles. The summed E-state index contributed by atoms with van der Waals surface area (Å²) in [6.07, 6.45) is 2.83. The van der Waals surface area contributed by atoms with Crippen molar-refractivity contribution in [3.05, 3.63) is 16.0 Å². The van der Waals surface area contributed by atoms with E-state index in [0.29, 0.717) is 16.5 Å². The molecule has 1 aliphatic rings. The number of ether oxygens (including phenoxy) is 2. The highest BCUT2D eigenvalue weighted by molar-refractivity contribution is 7.17. The van der Waals surface area contributed by atoms with Gasteiger partial charge in [0.2, 0.25) is 0 Å². The molecule has 23 heavy (non-hydrogen) atoms. The monoisotopic (exact) mass is 339 g/mol. The van der Waals surface area contributed by atoms with E-state index < -0.39 is 0 Å². The number of amides is 1. The maximum Gasteiger partial charge on any atom is 0.341 e. The molecule has 0 spiro atoms. The molecule has 1 aromatic heterocycles. The number of esters is 1. The molecule has 0 bridgehead atoms. The van der Waals surface area contributed by atoms with Gasteiger partial charge < -0.3 is 14.8 Å². The van der Waals surface area contributed by atoms with Gasteiger partial charge in [-0.05, 0) is 36.2 Å². The van der Waals surface area contributed by atoms with E-state index in [4.69, 9.17) is 9.47 Å². The van der Waals surface area contributed by atoms with Crippen molar-refractivity contribution in [1.82, 2.24) is 0 Å². The van der Waals surface area contributed by atoms with Gasteiger partial charge in [0.25, 0.3) is 5.91 Å². The molecule has 1 aliphatic carbocycles. The number of anilines is 1. The van der Waals surface area contributed by atoms with Crippen molar-refractivity contribution in [1.29, 1.82) is 0 Å². The van der Waals surface area contributed by atoms with Gasteiger partial charge in [-0.3, -0.25) is 4.79 Å². The summed E-state index contributed by atoms with van der Waals surface area (Å²) in [7, 11) is 2.84. The molecule has 0 saturated heterocycles. The van der Waals surface area contributed by atoms with Crippen molar-refractivity contribution < 1.29 is 19.1 Å². The Morgan fingerprint density at radius 2 is 2.00 bits per heavy atom. The topological polar surface area (TPSA) is 64.6 Å². The van der Waals surface area contributed by atoms with Crippen LogP contribution in [-0.4, -0.2) is 32.7 Å². The van der Waals surface area contributed by atoms with Crippen molar-refractivity contribution in [2.75, 3.05) is 26.1 Å². The zero-order valence-corrected chi connectivity index (χ0v) is 15.3. The maximum atomic E-state index is 12.2. The lowest BCUT2D eigenvalue weighted by Crippen LogP contribution is -2.26. The predicted molar refractivity (Wildman–Crippen MR) is 91.1 cm³/mol. The molecule has 128 valence electrons. The molecule has 0 fully saturated rings. The lowest BCUT2D eigenvalue weighted by Gasteiger charge is -2.33. The molecule has 1 aromatic rings. The number of thiophene rings is 1. The van der Waals surface area contributed by atoms with Crippen LogP contribution in [0.1, 0.15) is 48.0 Å². The second-order valence-electron chi connectivity index (χ2n) is 6.99. The van der Waals surface area contributed by atoms with Gasteiger partial charge in [0.05, 0.1) is 12.7 Å². The van der Waals surface area contributed by atoms with Gasteiger partial charge in [0.1, 0.15) is 11.6 Å². The van der Waals surface area contributed by atoms with E-state index in [0.717, 1.165) is 24.8 Å². The maximum absolute atomic E-state index is 12.2. The summed E-state index contributed by atoms with van der Waals surface area (Å²) in [6.45, 7) is 6.71. The SMILES string of the molecule is COCC(=O)Nc1sc2c(c1C(=O)OC)CC[C@@H](C(C)(C)C)C2. The number of rotatable bonds is 4. The van der Waals surface area contributed by atoms with Crippen molar-refractivity contribution in [2.24, 2.45) is 11.3 Å². The van der Waals surface area contributed by atoms with Gasteiger partial charge in [-0.15, -0.1) is 11.3 Å². The van der Waals surface area contributed by atoms with E-state index in [2.05, 4.69) is 26.1 Å². The fourth-order valence-corrected chi connectivity index (χ4v) is 4.36. The van der Waals surface area contributed by atoms with E-state index in [1.807, 2.05) is 0 Å². The summed E-state index contributed by atoms with van der Waals surface area (Å²) >= 11 is 1.49. The number of hydrogen-bond donors (Lipinski definition) is 1. The highest BCUT2D eigenvalue weighted by atomic mass is 32.1. The van der Waals surface area contributed by atoms with Crippen LogP contribution >= 0.6 is 11.3 Å². The second-order valence-corrected chi connectivity index (χ2v) is 8.09. The lowest BCUT2D eigenvalue weighted by molar-refractivity contribution is -0.119. The molecule has 1 heterocycles. The van der Waals surface area contributed by atoms with Crippen LogP contribution in [0.3, 0.4) is 0 Å². The van der Waals surface area contributed by atoms with Crippen molar-refractivity contribution in [3.63, 3.8) is 0 Å². The molecular formula is C17H25NO4S. The van der Waals surface area contributed by atoms with Crippen LogP contribution in [0, 0.1) is 11.3 Å². The fourth-order valence-electron chi connectivity index (χ4n) is 3.02. The Hall–Kier alpha value is -1.40. The number of methoxy groups -OCH3 is 2. The third-order valence-electron chi connectivity index (χ3n) is 4.41. The Bertz CT molecular complexity index is 600. The molecule has 2 rings (SSSR count). The number of carbonyl (C=O) groups excluding carboxylic acids is 2. The first-order chi connectivity index (χ1) is 10.8. The Kier molecular flexibility index (Phi) is 5.47. The van der Waals surface area contributed by atoms with E-state index in [-0.39, 0.29) is 23.9 Å². The average Bonchev–Trinajstić information content (AvgIpc) is 2.82. The van der Waals surface area contributed by atoms with Gasteiger partial charge in [0, 0.05) is 12.0 Å². The quantitative estimate of drug-likeness (QED) is 0.855. The van der Waals surface area contributed by atoms with Crippen molar-refractivity contribution in [3.8, 4) is 0 Å². The average molecular weight is 339 g/mol. The largest absolute Gasteiger partial charge is 0.465 e. The fraction of sp³-hybridized carbons (Fsp3) is 0.647. The van der Waals surface area contributed by atoms with Gasteiger partial charge in [-0.25, -0.2) is 4.79 Å². The normalized spacial score (nSPS) is 17.5. The van der Waals surface area contributed by atoms with Gasteiger partial charge >= 0.3 is 5.97 Å². The number of carbonyl (C=O) groups is 2. The Balaban J connectivity index is 2.35. The van der Waals surface area contributed by atoms with Gasteiger partial charge in [0.15, 0.2) is 0 Å². The van der Waals surface area contributed by atoms with Crippen LogP contribution in [0.4, 0.5) is 5.00 Å². The summed E-state index contributed by atoms with van der Waals surface area (Å²) in [6, 6.07) is 0. The molecule has 0 unspecified atom stereocenters. The second kappa shape index (κ2) is 7.01. The first-order valence-corrected chi connectivity index (χ1v) is 8.61. The first-order valence-electron chi connectivity index (χ1n) is 7.79. The zero-order valence-electron chi connectivity index (χ0n) is 14.4. The Labute approximate surface area is 141 Å². The summed E-state index contributed by atoms with van der Waals surface area (Å²) in [5.41, 5.74) is 1.78. The Morgan fingerprint density at radius 3 is 2.57 bits per heavy atom. The summed E-state index contributed by atoms with van der Waals surface area (Å²) in [5.74, 6) is -0.0743. The number of nitrogens with one attached hydrogen (secondary N) is 1. The minimum Gasteiger partial charge on any atom is -0.465 e. The number of hydrogen-bond acceptors (Lipinski definition) is 5. The van der Waals surface area contributed by atoms with E-state index >= 15 is 0 Å². The molecule has 5 nitrogen and oxygen atoms in total. The summed E-state index contributed by atoms with van der Waals surface area (Å²) in [5, 5.41) is 3.37. The standard InChI is InChI=1S/C17H25NO4S/c1-17(2,3)10-6-7-11-12(8-10)23-15(14(11)16(20)22-5)18-13(19)9-21-4/h10H,6-9H2,1-5H3,(H,18,19)/t10-/m1/s1. The smallest absolute Gasteiger partial charge is 0.341 e. The van der Waals surface area contributed by atoms with E-state index in [9.17, 15) is 9.59 Å². The lowest BCUT2D eigenvalue weighted by atomic mass is 9.72. The molecule has 0 aromatic carbocycles. The van der Waals surface area contributed by atoms with Crippen LogP contribution in [0.15, 0.2) is 0 Å². The summed E-state index contributed by atoms with van der Waals surface area (Å²) in [4.78, 5) is 25.2. The van der Waals surface area contributed by atoms with Crippen LogP contribution in [0.5, 0.6) is 0 Å². The van der Waals surface area contributed by atoms with Crippen LogP contribution in [-0.2, 0) is 27.1 Å². The van der Waals surface area contributed by atoms with Crippen LogP contribution < -0.4 is 5.32 Å². The van der Waals surface area contributed by atoms with Crippen LogP contribution in [0.2, 0.25) is 0 Å². The summed E-state index contributed by atoms with van der Waals surface area (Å²) < 4.78 is 9.76. The molecule has 1 atom stereocenters. The number of fused-ring (bicyclic) bond motifs is 1. The van der Waals surface area contributed by atoms with Gasteiger partial charge in [-0.1, -0.05) is 20.8 Å². The third-order valence-corrected chi connectivity index (χ3v) is 5.58. The van der Waals surface area contributed by atoms with Crippen molar-refractivity contribution >= 4 is 28.2 Å². The minimum atomic E-state index is -0.385. The molecular weight excluding hydrogens is 314 g/mol. The highest BCUT2D eigenvalue weighted by Gasteiger charge is 2.34.